The van der Waals surface area contributed by atoms with Crippen molar-refractivity contribution in [3.05, 3.63) is 23.8 Å². The zero-order valence-electron chi connectivity index (χ0n) is 10.3. The molecule has 0 unspecified atom stereocenters. The maximum Gasteiger partial charge on any atom is 0.251 e. The van der Waals surface area contributed by atoms with E-state index in [4.69, 9.17) is 14.6 Å². The van der Waals surface area contributed by atoms with Gasteiger partial charge < -0.3 is 19.9 Å². The number of ether oxygens (including phenoxy) is 2. The first-order valence-electron chi connectivity index (χ1n) is 6.02. The number of rotatable bonds is 3. The monoisotopic (exact) mass is 251 g/mol. The molecule has 1 aliphatic rings. The van der Waals surface area contributed by atoms with Crippen LogP contribution in [-0.4, -0.2) is 36.9 Å². The van der Waals surface area contributed by atoms with Gasteiger partial charge in [-0.25, -0.2) is 0 Å². The molecule has 0 radical (unpaired) electrons. The van der Waals surface area contributed by atoms with E-state index in [2.05, 4.69) is 5.32 Å². The van der Waals surface area contributed by atoms with Crippen molar-refractivity contribution in [3.63, 3.8) is 0 Å². The van der Waals surface area contributed by atoms with Gasteiger partial charge in [-0.3, -0.25) is 4.79 Å². The first-order valence-corrected chi connectivity index (χ1v) is 6.02. The molecule has 2 rings (SSSR count). The molecule has 0 bridgehead atoms. The maximum absolute atomic E-state index is 11.9. The molecule has 0 aromatic heterocycles. The first kappa shape index (κ1) is 12.7. The summed E-state index contributed by atoms with van der Waals surface area (Å²) < 4.78 is 11.0. The lowest BCUT2D eigenvalue weighted by molar-refractivity contribution is 0.0922. The summed E-state index contributed by atoms with van der Waals surface area (Å²) in [6.45, 7) is 2.86. The number of nitrogens with one attached hydrogen (secondary N) is 1. The minimum atomic E-state index is -0.270. The lowest BCUT2D eigenvalue weighted by Gasteiger charge is -2.12. The van der Waals surface area contributed by atoms with E-state index in [9.17, 15) is 4.79 Å². The van der Waals surface area contributed by atoms with Crippen molar-refractivity contribution < 1.29 is 19.4 Å². The zero-order chi connectivity index (χ0) is 13.0. The minimum absolute atomic E-state index is 0.0870. The summed E-state index contributed by atoms with van der Waals surface area (Å²) >= 11 is 0. The van der Waals surface area contributed by atoms with Crippen LogP contribution in [0, 0.1) is 0 Å². The van der Waals surface area contributed by atoms with Gasteiger partial charge in [0.1, 0.15) is 0 Å². The summed E-state index contributed by atoms with van der Waals surface area (Å²) in [7, 11) is 0. The van der Waals surface area contributed by atoms with E-state index < -0.39 is 0 Å². The molecule has 5 heteroatoms. The van der Waals surface area contributed by atoms with E-state index in [1.54, 1.807) is 25.1 Å². The number of aliphatic hydroxyl groups excluding tert-OH is 1. The number of aliphatic hydroxyl groups is 1. The van der Waals surface area contributed by atoms with Crippen molar-refractivity contribution in [1.29, 1.82) is 0 Å². The van der Waals surface area contributed by atoms with Crippen LogP contribution in [0.25, 0.3) is 0 Å². The van der Waals surface area contributed by atoms with Crippen LogP contribution in [0.15, 0.2) is 18.2 Å². The van der Waals surface area contributed by atoms with Crippen LogP contribution in [0.4, 0.5) is 0 Å². The molecule has 2 N–H and O–H groups in total. The van der Waals surface area contributed by atoms with Crippen LogP contribution in [-0.2, 0) is 0 Å². The average molecular weight is 251 g/mol. The molecule has 0 aliphatic carbocycles. The van der Waals surface area contributed by atoms with Crippen molar-refractivity contribution in [1.82, 2.24) is 5.32 Å². The van der Waals surface area contributed by atoms with Crippen molar-refractivity contribution in [3.8, 4) is 11.5 Å². The Morgan fingerprint density at radius 1 is 1.39 bits per heavy atom. The van der Waals surface area contributed by atoms with E-state index >= 15 is 0 Å². The van der Waals surface area contributed by atoms with Crippen LogP contribution < -0.4 is 14.8 Å². The second-order valence-corrected chi connectivity index (χ2v) is 4.27. The summed E-state index contributed by atoms with van der Waals surface area (Å²) in [5, 5.41) is 11.6. The standard InChI is InChI=1S/C13H17NO4/c1-9(8-15)14-13(16)10-3-4-11-12(7-10)18-6-2-5-17-11/h3-4,7,9,15H,2,5-6,8H2,1H3,(H,14,16)/t9-/m1/s1. The third-order valence-corrected chi connectivity index (χ3v) is 2.66. The second kappa shape index (κ2) is 5.73. The SMILES string of the molecule is C[C@H](CO)NC(=O)c1ccc2c(c1)OCCCO2. The molecule has 1 heterocycles. The van der Waals surface area contributed by atoms with Gasteiger partial charge in [0.05, 0.1) is 19.8 Å². The number of benzene rings is 1. The number of hydrogen-bond acceptors (Lipinski definition) is 4. The molecule has 0 saturated carbocycles. The Hall–Kier alpha value is -1.75. The first-order chi connectivity index (χ1) is 8.70. The summed E-state index contributed by atoms with van der Waals surface area (Å²) in [5.41, 5.74) is 0.500. The Morgan fingerprint density at radius 3 is 2.83 bits per heavy atom. The van der Waals surface area contributed by atoms with Crippen molar-refractivity contribution in [2.75, 3.05) is 19.8 Å². The molecule has 1 aromatic carbocycles. The fraction of sp³-hybridized carbons (Fsp3) is 0.462. The van der Waals surface area contributed by atoms with Gasteiger partial charge in [-0.2, -0.15) is 0 Å². The van der Waals surface area contributed by atoms with E-state index in [0.29, 0.717) is 30.3 Å². The van der Waals surface area contributed by atoms with Gasteiger partial charge in [0.25, 0.3) is 5.91 Å². The Labute approximate surface area is 106 Å². The molecule has 1 aliphatic heterocycles. The third-order valence-electron chi connectivity index (χ3n) is 2.66. The van der Waals surface area contributed by atoms with Crippen LogP contribution >= 0.6 is 0 Å². The van der Waals surface area contributed by atoms with Gasteiger partial charge in [0.2, 0.25) is 0 Å². The lowest BCUT2D eigenvalue weighted by Crippen LogP contribution is -2.34. The Bertz CT molecular complexity index is 433. The number of amides is 1. The summed E-state index contributed by atoms with van der Waals surface area (Å²) in [6.07, 6.45) is 0.831. The van der Waals surface area contributed by atoms with Crippen molar-refractivity contribution in [2.45, 2.75) is 19.4 Å². The Morgan fingerprint density at radius 2 is 2.11 bits per heavy atom. The summed E-state index contributed by atoms with van der Waals surface area (Å²) in [4.78, 5) is 11.9. The predicted octanol–water partition coefficient (Wildman–Crippen LogP) is 0.959. The van der Waals surface area contributed by atoms with Gasteiger partial charge in [-0.05, 0) is 25.1 Å². The van der Waals surface area contributed by atoms with E-state index in [1.807, 2.05) is 0 Å². The highest BCUT2D eigenvalue weighted by molar-refractivity contribution is 5.95. The van der Waals surface area contributed by atoms with Crippen LogP contribution in [0.1, 0.15) is 23.7 Å². The van der Waals surface area contributed by atoms with Gasteiger partial charge in [-0.1, -0.05) is 0 Å². The second-order valence-electron chi connectivity index (χ2n) is 4.27. The van der Waals surface area contributed by atoms with E-state index in [0.717, 1.165) is 6.42 Å². The van der Waals surface area contributed by atoms with Crippen LogP contribution in [0.3, 0.4) is 0 Å². The fourth-order valence-corrected chi connectivity index (χ4v) is 1.66. The quantitative estimate of drug-likeness (QED) is 0.839. The van der Waals surface area contributed by atoms with Gasteiger partial charge in [0.15, 0.2) is 11.5 Å². The van der Waals surface area contributed by atoms with E-state index in [1.165, 1.54) is 0 Å². The smallest absolute Gasteiger partial charge is 0.251 e. The number of fused-ring (bicyclic) bond motifs is 1. The molecular weight excluding hydrogens is 234 g/mol. The van der Waals surface area contributed by atoms with Crippen molar-refractivity contribution in [2.24, 2.45) is 0 Å². The molecule has 0 spiro atoms. The number of carbonyl (C=O) groups is 1. The molecule has 5 nitrogen and oxygen atoms in total. The number of hydrogen-bond donors (Lipinski definition) is 2. The lowest BCUT2D eigenvalue weighted by atomic mass is 10.1. The molecule has 98 valence electrons. The normalized spacial score (nSPS) is 15.7. The highest BCUT2D eigenvalue weighted by Gasteiger charge is 2.15. The van der Waals surface area contributed by atoms with Crippen LogP contribution in [0.2, 0.25) is 0 Å². The molecule has 1 atom stereocenters. The minimum Gasteiger partial charge on any atom is -0.490 e. The largest absolute Gasteiger partial charge is 0.490 e. The van der Waals surface area contributed by atoms with Gasteiger partial charge in [0, 0.05) is 18.0 Å². The molecule has 0 fully saturated rings. The van der Waals surface area contributed by atoms with Gasteiger partial charge >= 0.3 is 0 Å². The Balaban J connectivity index is 2.15. The molecule has 0 saturated heterocycles. The molecule has 1 amide bonds. The molecule has 1 aromatic rings. The average Bonchev–Trinajstić information content (AvgIpc) is 2.62. The fourth-order valence-electron chi connectivity index (χ4n) is 1.66. The van der Waals surface area contributed by atoms with Gasteiger partial charge in [-0.15, -0.1) is 0 Å². The van der Waals surface area contributed by atoms with Crippen LogP contribution in [0.5, 0.6) is 11.5 Å². The van der Waals surface area contributed by atoms with E-state index in [-0.39, 0.29) is 18.6 Å². The highest BCUT2D eigenvalue weighted by Crippen LogP contribution is 2.30. The highest BCUT2D eigenvalue weighted by atomic mass is 16.5. The summed E-state index contributed by atoms with van der Waals surface area (Å²) in [5.74, 6) is 1.03. The Kier molecular flexibility index (Phi) is 4.04. The number of carbonyl (C=O) groups excluding carboxylic acids is 1. The topological polar surface area (TPSA) is 67.8 Å². The third kappa shape index (κ3) is 2.92. The maximum atomic E-state index is 11.9. The summed E-state index contributed by atoms with van der Waals surface area (Å²) in [6, 6.07) is 4.82. The molecule has 18 heavy (non-hydrogen) atoms. The zero-order valence-corrected chi connectivity index (χ0v) is 10.3. The molecular formula is C13H17NO4. The predicted molar refractivity (Wildman–Crippen MR) is 66.1 cm³/mol. The van der Waals surface area contributed by atoms with Crippen molar-refractivity contribution >= 4 is 5.91 Å².